The predicted molar refractivity (Wildman–Crippen MR) is 184 cm³/mol. The lowest BCUT2D eigenvalue weighted by Crippen LogP contribution is -2.66. The Bertz CT molecular complexity index is 1350. The summed E-state index contributed by atoms with van der Waals surface area (Å²) in [5.41, 5.74) is 1.16. The highest BCUT2D eigenvalue weighted by Gasteiger charge is 2.71. The number of rotatable bonds is 9. The number of carbonyl (C=O) groups is 2. The van der Waals surface area contributed by atoms with E-state index in [0.717, 1.165) is 44.9 Å². The molecule has 46 heavy (non-hydrogen) atoms. The van der Waals surface area contributed by atoms with Gasteiger partial charge in [-0.3, -0.25) is 9.59 Å². The van der Waals surface area contributed by atoms with Crippen molar-refractivity contribution in [2.45, 2.75) is 145 Å². The second-order valence-corrected chi connectivity index (χ2v) is 21.4. The Morgan fingerprint density at radius 3 is 2.15 bits per heavy atom. The molecule has 0 bridgehead atoms. The van der Waals surface area contributed by atoms with Gasteiger partial charge in [0, 0.05) is 11.7 Å². The zero-order valence-electron chi connectivity index (χ0n) is 30.5. The first-order valence-electron chi connectivity index (χ1n) is 18.3. The largest absolute Gasteiger partial charge is 0.481 e. The van der Waals surface area contributed by atoms with E-state index in [0.29, 0.717) is 35.3 Å². The van der Waals surface area contributed by atoms with Crippen LogP contribution in [0.1, 0.15) is 139 Å². The maximum Gasteiger partial charge on any atom is 0.306 e. The number of aliphatic carboxylic acids is 1. The Kier molecular flexibility index (Phi) is 9.07. The van der Waals surface area contributed by atoms with E-state index in [1.807, 2.05) is 13.8 Å². The quantitative estimate of drug-likeness (QED) is 0.196. The van der Waals surface area contributed by atoms with Crippen LogP contribution in [0.3, 0.4) is 0 Å². The number of hydrogen-bond acceptors (Lipinski definition) is 5. The first-order chi connectivity index (χ1) is 21.0. The first kappa shape index (κ1) is 35.9. The number of ether oxygens (including phenoxy) is 1. The molecule has 7 heteroatoms. The average Bonchev–Trinajstić information content (AvgIpc) is 3.28. The van der Waals surface area contributed by atoms with E-state index in [2.05, 4.69) is 48.1 Å². The molecule has 0 heterocycles. The minimum absolute atomic E-state index is 0.0519. The summed E-state index contributed by atoms with van der Waals surface area (Å²) in [4.78, 5) is 24.5. The number of carboxylic acids is 1. The maximum atomic E-state index is 13.2. The molecule has 5 aliphatic carbocycles. The average molecular weight is 661 g/mol. The molecule has 262 valence electrons. The highest BCUT2D eigenvalue weighted by Crippen LogP contribution is 2.78. The van der Waals surface area contributed by atoms with Crippen LogP contribution in [0.5, 0.6) is 0 Å². The van der Waals surface area contributed by atoms with Gasteiger partial charge in [0.05, 0.1) is 18.6 Å². The number of hydrogen-bond donors (Lipinski definition) is 1. The minimum Gasteiger partial charge on any atom is -0.481 e. The number of carboxylic acid groups (broad SMARTS) is 1. The van der Waals surface area contributed by atoms with Crippen molar-refractivity contribution >= 4 is 21.8 Å². The fourth-order valence-corrected chi connectivity index (χ4v) is 14.1. The number of carbonyl (C=O) groups excluding carboxylic acids is 1. The molecular weight excluding hydrogens is 596 g/mol. The van der Waals surface area contributed by atoms with Gasteiger partial charge in [0.1, 0.15) is 15.9 Å². The summed E-state index contributed by atoms with van der Waals surface area (Å²) < 4.78 is 31.0. The van der Waals surface area contributed by atoms with Crippen molar-refractivity contribution in [1.29, 1.82) is 0 Å². The molecule has 0 aliphatic heterocycles. The number of sulfone groups is 1. The monoisotopic (exact) mass is 660 g/mol. The summed E-state index contributed by atoms with van der Waals surface area (Å²) in [5, 5.41) is 9.30. The molecule has 0 amide bonds. The molecule has 5 saturated carbocycles. The Hall–Kier alpha value is -1.37. The third-order valence-corrected chi connectivity index (χ3v) is 16.6. The fraction of sp³-hybridized carbons (Fsp3) is 0.897. The van der Waals surface area contributed by atoms with E-state index in [1.165, 1.54) is 37.5 Å². The van der Waals surface area contributed by atoms with E-state index in [9.17, 15) is 23.1 Å². The third-order valence-electron chi connectivity index (χ3n) is 15.7. The van der Waals surface area contributed by atoms with Crippen LogP contribution in [0, 0.1) is 62.1 Å². The summed E-state index contributed by atoms with van der Waals surface area (Å²) in [6, 6.07) is 0. The summed E-state index contributed by atoms with van der Waals surface area (Å²) >= 11 is 0. The topological polar surface area (TPSA) is 97.7 Å². The van der Waals surface area contributed by atoms with Crippen LogP contribution in [-0.4, -0.2) is 43.6 Å². The normalized spacial score (nSPS) is 43.4. The van der Waals surface area contributed by atoms with Crippen LogP contribution in [0.4, 0.5) is 0 Å². The van der Waals surface area contributed by atoms with Crippen LogP contribution in [0.25, 0.3) is 0 Å². The van der Waals surface area contributed by atoms with Crippen LogP contribution in [0.2, 0.25) is 0 Å². The smallest absolute Gasteiger partial charge is 0.306 e. The van der Waals surface area contributed by atoms with Crippen molar-refractivity contribution in [3.05, 3.63) is 12.2 Å². The van der Waals surface area contributed by atoms with E-state index < -0.39 is 21.2 Å². The molecule has 0 aromatic rings. The Labute approximate surface area is 280 Å². The zero-order valence-corrected chi connectivity index (χ0v) is 31.3. The second-order valence-electron chi connectivity index (χ2n) is 19.2. The lowest BCUT2D eigenvalue weighted by atomic mass is 9.32. The SMILES string of the molecule is C=C(C)[C@@H]1CC[C@]2(CCS(C)(=O)=O)CC[C@]3(C)[C@H](CCC4[C@@]5(C)CC[C@H](OC(=O)CC(C)(C)CC(=O)O)C(C)(C)C5CC[C@]43C)[C@@H]12. The van der Waals surface area contributed by atoms with Gasteiger partial charge in [-0.15, -0.1) is 0 Å². The van der Waals surface area contributed by atoms with Gasteiger partial charge in [-0.1, -0.05) is 60.6 Å². The van der Waals surface area contributed by atoms with Gasteiger partial charge >= 0.3 is 11.9 Å². The second kappa shape index (κ2) is 11.6. The van der Waals surface area contributed by atoms with Crippen molar-refractivity contribution in [1.82, 2.24) is 0 Å². The predicted octanol–water partition coefficient (Wildman–Crippen LogP) is 8.88. The summed E-state index contributed by atoms with van der Waals surface area (Å²) in [6.45, 7) is 22.8. The van der Waals surface area contributed by atoms with E-state index in [1.54, 1.807) is 0 Å². The molecule has 6 nitrogen and oxygen atoms in total. The lowest BCUT2D eigenvalue weighted by molar-refractivity contribution is -0.250. The number of fused-ring (bicyclic) bond motifs is 7. The van der Waals surface area contributed by atoms with Gasteiger partial charge in [0.15, 0.2) is 0 Å². The molecule has 1 N–H and O–H groups in total. The summed E-state index contributed by atoms with van der Waals surface area (Å²) in [7, 11) is -3.02. The van der Waals surface area contributed by atoms with Gasteiger partial charge in [-0.25, -0.2) is 8.42 Å². The molecule has 2 unspecified atom stereocenters. The summed E-state index contributed by atoms with van der Waals surface area (Å²) in [6.07, 6.45) is 13.4. The Balaban J connectivity index is 1.40. The first-order valence-corrected chi connectivity index (χ1v) is 20.3. The van der Waals surface area contributed by atoms with Gasteiger partial charge in [-0.05, 0) is 134 Å². The standard InChI is InChI=1S/C39H64O6S/c1-25(2)26-13-18-39(21-22-46(10,43)44)20-19-37(8)27(33(26)39)11-12-29-36(7)16-15-30(35(5,6)28(36)14-17-38(29,37)9)45-32(42)24-34(3,4)23-31(40)41/h26-30,33H,1,11-24H2,2-10H3,(H,40,41)/t26-,27+,28?,29?,30-,33+,36-,37+,38+,39+/m0/s1. The van der Waals surface area contributed by atoms with E-state index in [-0.39, 0.29) is 52.0 Å². The molecule has 0 spiro atoms. The zero-order chi connectivity index (χ0) is 34.3. The van der Waals surface area contributed by atoms with Gasteiger partial charge in [-0.2, -0.15) is 0 Å². The Morgan fingerprint density at radius 1 is 0.870 bits per heavy atom. The molecule has 0 radical (unpaired) electrons. The molecule has 5 aliphatic rings. The van der Waals surface area contributed by atoms with Crippen LogP contribution in [-0.2, 0) is 24.2 Å². The lowest BCUT2D eigenvalue weighted by Gasteiger charge is -2.73. The maximum absolute atomic E-state index is 13.2. The molecule has 0 aromatic carbocycles. The molecular formula is C39H64O6S. The fourth-order valence-electron chi connectivity index (χ4n) is 13.4. The molecule has 10 atom stereocenters. The van der Waals surface area contributed by atoms with Crippen molar-refractivity contribution in [3.63, 3.8) is 0 Å². The highest BCUT2D eigenvalue weighted by molar-refractivity contribution is 7.90. The number of esters is 1. The van der Waals surface area contributed by atoms with Crippen molar-refractivity contribution in [3.8, 4) is 0 Å². The molecule has 0 aromatic heterocycles. The highest BCUT2D eigenvalue weighted by atomic mass is 32.2. The van der Waals surface area contributed by atoms with Crippen molar-refractivity contribution in [2.24, 2.45) is 62.1 Å². The molecule has 5 fully saturated rings. The van der Waals surface area contributed by atoms with Crippen molar-refractivity contribution in [2.75, 3.05) is 12.0 Å². The molecule has 0 saturated heterocycles. The number of allylic oxidation sites excluding steroid dienone is 1. The molecule has 5 rings (SSSR count). The minimum atomic E-state index is -3.02. The van der Waals surface area contributed by atoms with Gasteiger partial charge in [0.25, 0.3) is 0 Å². The third kappa shape index (κ3) is 5.82. The van der Waals surface area contributed by atoms with E-state index in [4.69, 9.17) is 4.74 Å². The van der Waals surface area contributed by atoms with Crippen LogP contribution in [0.15, 0.2) is 12.2 Å². The van der Waals surface area contributed by atoms with E-state index >= 15 is 0 Å². The van der Waals surface area contributed by atoms with Gasteiger partial charge in [0.2, 0.25) is 0 Å². The van der Waals surface area contributed by atoms with Gasteiger partial charge < -0.3 is 9.84 Å². The van der Waals surface area contributed by atoms with Crippen LogP contribution >= 0.6 is 0 Å². The Morgan fingerprint density at radius 2 is 1.54 bits per heavy atom. The van der Waals surface area contributed by atoms with Crippen LogP contribution < -0.4 is 0 Å². The van der Waals surface area contributed by atoms with Crippen molar-refractivity contribution < 1.29 is 27.9 Å². The summed E-state index contributed by atoms with van der Waals surface area (Å²) in [5.74, 6) is 1.78.